The zero-order chi connectivity index (χ0) is 38.2. The maximum atomic E-state index is 13.6. The van der Waals surface area contributed by atoms with Crippen LogP contribution < -0.4 is 15.1 Å². The molecule has 4 aromatic rings. The molecule has 0 radical (unpaired) electrons. The number of hydrogen-bond acceptors (Lipinski definition) is 7. The van der Waals surface area contributed by atoms with Crippen LogP contribution in [0.25, 0.3) is 0 Å². The molecule has 8 heteroatoms. The Hall–Kier alpha value is -4.05. The van der Waals surface area contributed by atoms with E-state index in [0.717, 1.165) is 30.6 Å². The van der Waals surface area contributed by atoms with E-state index in [9.17, 15) is 4.79 Å². The second-order valence-corrected chi connectivity index (χ2v) is 20.2. The number of ether oxygens (including phenoxy) is 5. The van der Waals surface area contributed by atoms with Gasteiger partial charge >= 0.3 is 5.97 Å². The average molecular weight is 749 g/mol. The van der Waals surface area contributed by atoms with Gasteiger partial charge in [-0.15, -0.1) is 0 Å². The molecule has 1 saturated carbocycles. The van der Waals surface area contributed by atoms with Gasteiger partial charge in [0, 0.05) is 12.5 Å². The monoisotopic (exact) mass is 748 g/mol. The zero-order valence-corrected chi connectivity index (χ0v) is 33.6. The van der Waals surface area contributed by atoms with E-state index in [1.165, 1.54) is 10.4 Å². The first kappa shape index (κ1) is 39.6. The van der Waals surface area contributed by atoms with Crippen molar-refractivity contribution in [2.75, 3.05) is 13.7 Å². The molecule has 1 aliphatic carbocycles. The lowest BCUT2D eigenvalue weighted by molar-refractivity contribution is -0.153. The average Bonchev–Trinajstić information content (AvgIpc) is 3.77. The van der Waals surface area contributed by atoms with Crippen molar-refractivity contribution in [3.05, 3.63) is 139 Å². The van der Waals surface area contributed by atoms with Crippen LogP contribution in [0, 0.1) is 5.92 Å². The summed E-state index contributed by atoms with van der Waals surface area (Å²) in [6.45, 7) is 11.6. The third-order valence-corrected chi connectivity index (χ3v) is 15.7. The van der Waals surface area contributed by atoms with Crippen LogP contribution in [0.2, 0.25) is 5.04 Å². The summed E-state index contributed by atoms with van der Waals surface area (Å²) in [5.41, 5.74) is 1.59. The number of esters is 1. The first-order valence-electron chi connectivity index (χ1n) is 19.3. The predicted molar refractivity (Wildman–Crippen MR) is 216 cm³/mol. The number of carbonyl (C=O) groups is 1. The summed E-state index contributed by atoms with van der Waals surface area (Å²) in [7, 11) is -1.10. The molecule has 5 atom stereocenters. The number of hydrogen-bond donors (Lipinski definition) is 0. The van der Waals surface area contributed by atoms with E-state index >= 15 is 0 Å². The Morgan fingerprint density at radius 2 is 1.46 bits per heavy atom. The van der Waals surface area contributed by atoms with Crippen LogP contribution in [-0.4, -0.2) is 58.2 Å². The van der Waals surface area contributed by atoms with Crippen molar-refractivity contribution in [3.63, 3.8) is 0 Å². The molecule has 6 rings (SSSR count). The zero-order valence-electron chi connectivity index (χ0n) is 32.6. The molecule has 1 saturated heterocycles. The van der Waals surface area contributed by atoms with Gasteiger partial charge in [-0.2, -0.15) is 0 Å². The van der Waals surface area contributed by atoms with Gasteiger partial charge in [0.25, 0.3) is 8.32 Å². The van der Waals surface area contributed by atoms with Crippen LogP contribution in [0.3, 0.4) is 0 Å². The highest BCUT2D eigenvalue weighted by molar-refractivity contribution is 6.99. The maximum Gasteiger partial charge on any atom is 0.338 e. The van der Waals surface area contributed by atoms with Crippen molar-refractivity contribution in [2.45, 2.75) is 102 Å². The minimum Gasteiger partial charge on any atom is -0.497 e. The number of rotatable bonds is 15. The fraction of sp³-hybridized carbons (Fsp3) is 0.413. The summed E-state index contributed by atoms with van der Waals surface area (Å²) in [6.07, 6.45) is 6.18. The first-order valence-corrected chi connectivity index (χ1v) is 21.2. The van der Waals surface area contributed by atoms with Gasteiger partial charge in [0.2, 0.25) is 0 Å². The number of benzene rings is 4. The fourth-order valence-electron chi connectivity index (χ4n) is 8.00. The van der Waals surface area contributed by atoms with E-state index in [1.807, 2.05) is 62.4 Å². The topological polar surface area (TPSA) is 72.5 Å². The normalized spacial score (nSPS) is 22.0. The third-order valence-electron chi connectivity index (χ3n) is 10.6. The summed E-state index contributed by atoms with van der Waals surface area (Å²) in [6, 6.07) is 38.4. The van der Waals surface area contributed by atoms with Crippen molar-refractivity contribution >= 4 is 24.7 Å². The summed E-state index contributed by atoms with van der Waals surface area (Å²) in [5, 5.41) is 2.29. The molecule has 7 nitrogen and oxygen atoms in total. The van der Waals surface area contributed by atoms with Crippen LogP contribution in [-0.2, 0) is 30.0 Å². The van der Waals surface area contributed by atoms with Gasteiger partial charge in [0.05, 0.1) is 31.5 Å². The highest BCUT2D eigenvalue weighted by atomic mass is 28.4. The van der Waals surface area contributed by atoms with Crippen LogP contribution in [0.1, 0.15) is 76.2 Å². The molecule has 0 aromatic heterocycles. The van der Waals surface area contributed by atoms with Crippen molar-refractivity contribution in [1.82, 2.24) is 0 Å². The second-order valence-electron chi connectivity index (χ2n) is 15.9. The molecule has 4 aromatic carbocycles. The van der Waals surface area contributed by atoms with E-state index in [4.69, 9.17) is 28.1 Å². The van der Waals surface area contributed by atoms with Crippen molar-refractivity contribution in [2.24, 2.45) is 5.92 Å². The molecular weight excluding hydrogens is 693 g/mol. The Bertz CT molecular complexity index is 1750. The fourth-order valence-corrected chi connectivity index (χ4v) is 12.6. The van der Waals surface area contributed by atoms with Crippen LogP contribution >= 0.6 is 0 Å². The molecule has 286 valence electrons. The van der Waals surface area contributed by atoms with Crippen LogP contribution in [0.5, 0.6) is 5.75 Å². The SMILES string of the molecule is COc1ccc(CO[C@H]2CCC[C@@H]2/C=C\C(OC(=O)c2ccccc2)C2OC(C)(C)OC2CCO[Si](c2ccccc2)(c2ccccc2)C(C)(C)C)cc1. The van der Waals surface area contributed by atoms with Gasteiger partial charge in [0.1, 0.15) is 18.0 Å². The first-order chi connectivity index (χ1) is 26.0. The smallest absolute Gasteiger partial charge is 0.338 e. The summed E-state index contributed by atoms with van der Waals surface area (Å²) in [4.78, 5) is 13.6. The summed E-state index contributed by atoms with van der Waals surface area (Å²) in [5.74, 6) is -0.284. The van der Waals surface area contributed by atoms with E-state index in [1.54, 1.807) is 19.2 Å². The molecule has 3 unspecified atom stereocenters. The highest BCUT2D eigenvalue weighted by Crippen LogP contribution is 2.39. The maximum absolute atomic E-state index is 13.6. The molecule has 0 amide bonds. The van der Waals surface area contributed by atoms with Crippen molar-refractivity contribution in [3.8, 4) is 5.75 Å². The molecule has 0 bridgehead atoms. The van der Waals surface area contributed by atoms with E-state index < -0.39 is 32.3 Å². The van der Waals surface area contributed by atoms with Crippen LogP contribution in [0.15, 0.2) is 127 Å². The van der Waals surface area contributed by atoms with Crippen LogP contribution in [0.4, 0.5) is 0 Å². The minimum absolute atomic E-state index is 0.0571. The molecule has 2 fully saturated rings. The summed E-state index contributed by atoms with van der Waals surface area (Å²) < 4.78 is 38.5. The van der Waals surface area contributed by atoms with E-state index in [-0.39, 0.29) is 23.2 Å². The predicted octanol–water partition coefficient (Wildman–Crippen LogP) is 8.65. The lowest BCUT2D eigenvalue weighted by Crippen LogP contribution is -2.66. The lowest BCUT2D eigenvalue weighted by Gasteiger charge is -2.43. The minimum atomic E-state index is -2.77. The van der Waals surface area contributed by atoms with Gasteiger partial charge in [-0.1, -0.05) is 124 Å². The lowest BCUT2D eigenvalue weighted by atomic mass is 10.0. The Labute approximate surface area is 322 Å². The standard InChI is InChI=1S/C46H56O7Si/c1-45(2,3)54(38-20-12-8-13-21-38,39-22-14-9-15-23-39)50-32-31-42-43(53-46(4,5)52-42)41(51-44(47)36-17-10-7-11-18-36)30-27-35-19-16-24-40(35)49-33-34-25-28-37(48-6)29-26-34/h7-15,17-18,20-23,25-30,35,40-43H,16,19,24,31-33H2,1-6H3/b30-27-/t35-,40+,41?,42?,43?/m1/s1. The van der Waals surface area contributed by atoms with Gasteiger partial charge < -0.3 is 28.1 Å². The molecule has 1 heterocycles. The van der Waals surface area contributed by atoms with E-state index in [0.29, 0.717) is 25.2 Å². The summed E-state index contributed by atoms with van der Waals surface area (Å²) >= 11 is 0. The molecule has 0 N–H and O–H groups in total. The van der Waals surface area contributed by atoms with Crippen molar-refractivity contribution in [1.29, 1.82) is 0 Å². The second kappa shape index (κ2) is 17.6. The Balaban J connectivity index is 1.23. The number of carbonyl (C=O) groups excluding carboxylic acids is 1. The van der Waals surface area contributed by atoms with Gasteiger partial charge in [-0.3, -0.25) is 0 Å². The molecule has 2 aliphatic rings. The Kier molecular flexibility index (Phi) is 12.9. The van der Waals surface area contributed by atoms with Crippen molar-refractivity contribution < 1.29 is 32.9 Å². The molecule has 54 heavy (non-hydrogen) atoms. The van der Waals surface area contributed by atoms with E-state index in [2.05, 4.69) is 87.5 Å². The molecule has 1 aliphatic heterocycles. The Morgan fingerprint density at radius 1 is 0.852 bits per heavy atom. The molecule has 0 spiro atoms. The van der Waals surface area contributed by atoms with Gasteiger partial charge in [0.15, 0.2) is 5.79 Å². The Morgan fingerprint density at radius 3 is 2.06 bits per heavy atom. The highest BCUT2D eigenvalue weighted by Gasteiger charge is 2.51. The van der Waals surface area contributed by atoms with Gasteiger partial charge in [-0.05, 0) is 84.4 Å². The largest absolute Gasteiger partial charge is 0.497 e. The number of methoxy groups -OCH3 is 1. The quantitative estimate of drug-likeness (QED) is 0.0685. The van der Waals surface area contributed by atoms with Gasteiger partial charge in [-0.25, -0.2) is 4.79 Å². The molecular formula is C46H56O7Si. The third kappa shape index (κ3) is 9.41.